The maximum atomic E-state index is 12.9. The molecule has 0 atom stereocenters. The third-order valence-electron chi connectivity index (χ3n) is 3.38. The lowest BCUT2D eigenvalue weighted by atomic mass is 9.84. The molecule has 0 unspecified atom stereocenters. The van der Waals surface area contributed by atoms with Crippen LogP contribution in [0.3, 0.4) is 0 Å². The number of cyclic esters (lactones) is 1. The number of esters is 1. The molecule has 1 heterocycles. The van der Waals surface area contributed by atoms with Gasteiger partial charge in [-0.2, -0.15) is 13.2 Å². The van der Waals surface area contributed by atoms with Crippen LogP contribution in [-0.4, -0.2) is 18.0 Å². The molecule has 6 heteroatoms. The third-order valence-corrected chi connectivity index (χ3v) is 3.38. The smallest absolute Gasteiger partial charge is 0.400 e. The molecule has 0 aliphatic carbocycles. The van der Waals surface area contributed by atoms with E-state index in [0.717, 1.165) is 0 Å². The van der Waals surface area contributed by atoms with E-state index in [0.29, 0.717) is 11.1 Å². The molecule has 3 rings (SSSR count). The Kier molecular flexibility index (Phi) is 3.24. The lowest BCUT2D eigenvalue weighted by Crippen LogP contribution is -2.32. The molecule has 0 fully saturated rings. The molecular formula is C16H10F3NO2. The first-order valence-electron chi connectivity index (χ1n) is 6.45. The average molecular weight is 305 g/mol. The van der Waals surface area contributed by atoms with Gasteiger partial charge < -0.3 is 4.74 Å². The maximum Gasteiger partial charge on any atom is 0.468 e. The second kappa shape index (κ2) is 4.98. The minimum absolute atomic E-state index is 0.324. The van der Waals surface area contributed by atoms with E-state index in [2.05, 4.69) is 9.73 Å². The van der Waals surface area contributed by atoms with Crippen molar-refractivity contribution in [3.8, 4) is 0 Å². The molecule has 0 aromatic heterocycles. The Morgan fingerprint density at radius 1 is 0.864 bits per heavy atom. The number of alkyl halides is 3. The molecule has 0 radical (unpaired) electrons. The summed E-state index contributed by atoms with van der Waals surface area (Å²) < 4.78 is 43.1. The van der Waals surface area contributed by atoms with Crippen LogP contribution < -0.4 is 0 Å². The van der Waals surface area contributed by atoms with Gasteiger partial charge in [-0.1, -0.05) is 60.7 Å². The number of rotatable bonds is 2. The quantitative estimate of drug-likeness (QED) is 0.797. The minimum atomic E-state index is -4.82. The van der Waals surface area contributed by atoms with Crippen LogP contribution in [-0.2, 0) is 15.1 Å². The van der Waals surface area contributed by atoms with Crippen molar-refractivity contribution >= 4 is 11.9 Å². The molecular weight excluding hydrogens is 295 g/mol. The molecule has 0 saturated carbocycles. The fraction of sp³-hybridized carbons (Fsp3) is 0.125. The second-order valence-corrected chi connectivity index (χ2v) is 4.75. The monoisotopic (exact) mass is 305 g/mol. The first-order chi connectivity index (χ1) is 10.4. The Bertz CT molecular complexity index is 685. The van der Waals surface area contributed by atoms with Crippen molar-refractivity contribution in [3.63, 3.8) is 0 Å². The number of nitrogens with zero attached hydrogens (tertiary/aromatic N) is 1. The largest absolute Gasteiger partial charge is 0.468 e. The molecule has 2 aromatic carbocycles. The summed E-state index contributed by atoms with van der Waals surface area (Å²) in [7, 11) is 0. The van der Waals surface area contributed by atoms with E-state index >= 15 is 0 Å². The van der Waals surface area contributed by atoms with Crippen molar-refractivity contribution in [2.24, 2.45) is 4.99 Å². The van der Waals surface area contributed by atoms with Crippen LogP contribution in [0.25, 0.3) is 0 Å². The summed E-state index contributed by atoms with van der Waals surface area (Å²) in [5, 5.41) is 0. The van der Waals surface area contributed by atoms with Gasteiger partial charge in [-0.25, -0.2) is 9.79 Å². The predicted octanol–water partition coefficient (Wildman–Crippen LogP) is 3.45. The van der Waals surface area contributed by atoms with E-state index < -0.39 is 23.6 Å². The van der Waals surface area contributed by atoms with Crippen molar-refractivity contribution in [1.29, 1.82) is 0 Å². The fourth-order valence-corrected chi connectivity index (χ4v) is 2.39. The van der Waals surface area contributed by atoms with Crippen LogP contribution in [0, 0.1) is 0 Å². The number of halogens is 3. The second-order valence-electron chi connectivity index (χ2n) is 4.75. The molecule has 0 N–H and O–H groups in total. The lowest BCUT2D eigenvalue weighted by Gasteiger charge is -2.22. The van der Waals surface area contributed by atoms with Crippen molar-refractivity contribution in [2.75, 3.05) is 0 Å². The molecule has 2 aromatic rings. The number of benzene rings is 2. The maximum absolute atomic E-state index is 12.9. The van der Waals surface area contributed by atoms with E-state index in [-0.39, 0.29) is 0 Å². The highest BCUT2D eigenvalue weighted by Crippen LogP contribution is 2.41. The summed E-state index contributed by atoms with van der Waals surface area (Å²) in [6, 6.07) is 16.2. The minimum Gasteiger partial charge on any atom is -0.400 e. The summed E-state index contributed by atoms with van der Waals surface area (Å²) >= 11 is 0. The molecule has 22 heavy (non-hydrogen) atoms. The molecule has 0 amide bonds. The highest BCUT2D eigenvalue weighted by Gasteiger charge is 2.55. The van der Waals surface area contributed by atoms with Gasteiger partial charge in [0.2, 0.25) is 5.54 Å². The summed E-state index contributed by atoms with van der Waals surface area (Å²) in [6.45, 7) is 0. The summed E-state index contributed by atoms with van der Waals surface area (Å²) in [6.07, 6.45) is -4.82. The molecule has 1 aliphatic rings. The number of aliphatic imine (C=N–C) groups is 1. The van der Waals surface area contributed by atoms with Crippen molar-refractivity contribution < 1.29 is 22.7 Å². The topological polar surface area (TPSA) is 38.7 Å². The molecule has 0 spiro atoms. The normalized spacial score (nSPS) is 17.0. The van der Waals surface area contributed by atoms with Gasteiger partial charge in [0, 0.05) is 0 Å². The van der Waals surface area contributed by atoms with Gasteiger partial charge in [0.05, 0.1) is 0 Å². The third kappa shape index (κ3) is 2.16. The number of hydrogen-bond acceptors (Lipinski definition) is 3. The zero-order chi connectivity index (χ0) is 15.8. The van der Waals surface area contributed by atoms with Gasteiger partial charge in [-0.15, -0.1) is 0 Å². The van der Waals surface area contributed by atoms with Gasteiger partial charge in [0.25, 0.3) is 0 Å². The summed E-state index contributed by atoms with van der Waals surface area (Å²) in [4.78, 5) is 15.9. The fourth-order valence-electron chi connectivity index (χ4n) is 2.39. The van der Waals surface area contributed by atoms with Crippen molar-refractivity contribution in [2.45, 2.75) is 11.7 Å². The summed E-state index contributed by atoms with van der Waals surface area (Å²) in [5.41, 5.74) is -1.18. The van der Waals surface area contributed by atoms with Gasteiger partial charge in [-0.05, 0) is 11.1 Å². The molecule has 3 nitrogen and oxygen atoms in total. The number of carbonyl (C=O) groups excluding carboxylic acids is 1. The van der Waals surface area contributed by atoms with Crippen LogP contribution >= 0.6 is 0 Å². The molecule has 0 bridgehead atoms. The van der Waals surface area contributed by atoms with Crippen molar-refractivity contribution in [1.82, 2.24) is 0 Å². The van der Waals surface area contributed by atoms with Gasteiger partial charge >= 0.3 is 18.0 Å². The van der Waals surface area contributed by atoms with E-state index in [1.165, 1.54) is 0 Å². The zero-order valence-corrected chi connectivity index (χ0v) is 11.2. The highest BCUT2D eigenvalue weighted by atomic mass is 19.4. The van der Waals surface area contributed by atoms with Crippen LogP contribution in [0.4, 0.5) is 13.2 Å². The standard InChI is InChI=1S/C16H10F3NO2/c17-16(18,19)13-20-15(14(21)22-13,11-7-3-1-4-8-11)12-9-5-2-6-10-12/h1-10H. The first kappa shape index (κ1) is 14.3. The Morgan fingerprint density at radius 2 is 1.32 bits per heavy atom. The van der Waals surface area contributed by atoms with Crippen molar-refractivity contribution in [3.05, 3.63) is 71.8 Å². The Hall–Kier alpha value is -2.63. The zero-order valence-electron chi connectivity index (χ0n) is 11.2. The number of ether oxygens (including phenoxy) is 1. The highest BCUT2D eigenvalue weighted by molar-refractivity contribution is 6.04. The summed E-state index contributed by atoms with van der Waals surface area (Å²) in [5.74, 6) is -2.58. The lowest BCUT2D eigenvalue weighted by molar-refractivity contribution is -0.141. The van der Waals surface area contributed by atoms with Crippen LogP contribution in [0.1, 0.15) is 11.1 Å². The first-order valence-corrected chi connectivity index (χ1v) is 6.45. The van der Waals surface area contributed by atoms with Crippen LogP contribution in [0.5, 0.6) is 0 Å². The Labute approximate surface area is 124 Å². The Morgan fingerprint density at radius 3 is 1.68 bits per heavy atom. The van der Waals surface area contributed by atoms with Gasteiger partial charge in [0.15, 0.2) is 0 Å². The Balaban J connectivity index is 2.26. The van der Waals surface area contributed by atoms with E-state index in [1.807, 2.05) is 0 Å². The predicted molar refractivity (Wildman–Crippen MR) is 73.2 cm³/mol. The van der Waals surface area contributed by atoms with Crippen LogP contribution in [0.15, 0.2) is 65.7 Å². The average Bonchev–Trinajstić information content (AvgIpc) is 2.88. The van der Waals surface area contributed by atoms with E-state index in [1.54, 1.807) is 60.7 Å². The van der Waals surface area contributed by atoms with Crippen LogP contribution in [0.2, 0.25) is 0 Å². The van der Waals surface area contributed by atoms with E-state index in [4.69, 9.17) is 0 Å². The van der Waals surface area contributed by atoms with Gasteiger partial charge in [-0.3, -0.25) is 0 Å². The number of carbonyl (C=O) groups is 1. The van der Waals surface area contributed by atoms with Gasteiger partial charge in [0.1, 0.15) is 0 Å². The SMILES string of the molecule is O=C1OC(C(F)(F)F)=NC1(c1ccccc1)c1ccccc1. The number of hydrogen-bond donors (Lipinski definition) is 0. The molecule has 1 aliphatic heterocycles. The van der Waals surface area contributed by atoms with E-state index in [9.17, 15) is 18.0 Å². The molecule has 0 saturated heterocycles. The molecule has 112 valence electrons.